The Morgan fingerprint density at radius 2 is 1.96 bits per heavy atom. The molecule has 1 aliphatic carbocycles. The number of nitrogens with two attached hydrogens (primary N) is 1. The van der Waals surface area contributed by atoms with Gasteiger partial charge < -0.3 is 10.6 Å². The van der Waals surface area contributed by atoms with Gasteiger partial charge >= 0.3 is 0 Å². The molecule has 4 rings (SSSR count). The number of pyridine rings is 1. The second-order valence-corrected chi connectivity index (χ2v) is 8.60. The number of likely N-dealkylation sites (tertiary alicyclic amines) is 1. The quantitative estimate of drug-likeness (QED) is 0.737. The maximum Gasteiger partial charge on any atom is 0.226 e. The number of nitrogens with zero attached hydrogens (tertiary/aromatic N) is 2. The number of rotatable bonds is 4. The van der Waals surface area contributed by atoms with E-state index in [1.807, 2.05) is 25.1 Å². The molecule has 0 spiro atoms. The van der Waals surface area contributed by atoms with E-state index in [-0.39, 0.29) is 5.92 Å². The van der Waals surface area contributed by atoms with Crippen LogP contribution in [0.2, 0.25) is 5.02 Å². The van der Waals surface area contributed by atoms with Crippen molar-refractivity contribution in [3.63, 3.8) is 0 Å². The molecule has 148 valence electrons. The highest BCUT2D eigenvalue weighted by Gasteiger charge is 2.36. The van der Waals surface area contributed by atoms with Crippen LogP contribution in [0.15, 0.2) is 30.5 Å². The Morgan fingerprint density at radius 3 is 2.71 bits per heavy atom. The smallest absolute Gasteiger partial charge is 0.226 e. The Morgan fingerprint density at radius 1 is 1.18 bits per heavy atom. The first-order valence-electron chi connectivity index (χ1n) is 10.3. The Hall–Kier alpha value is -2.07. The molecule has 2 N–H and O–H groups in total. The second kappa shape index (κ2) is 8.12. The van der Waals surface area contributed by atoms with Crippen LogP contribution in [0.25, 0.3) is 11.3 Å². The molecule has 5 heteroatoms. The number of hydrogen-bond acceptors (Lipinski definition) is 3. The van der Waals surface area contributed by atoms with E-state index < -0.39 is 0 Å². The van der Waals surface area contributed by atoms with Crippen LogP contribution in [-0.4, -0.2) is 28.4 Å². The summed E-state index contributed by atoms with van der Waals surface area (Å²) in [5.74, 6) is 0.379. The summed E-state index contributed by atoms with van der Waals surface area (Å²) in [4.78, 5) is 19.6. The van der Waals surface area contributed by atoms with Crippen LogP contribution in [0.1, 0.15) is 49.7 Å². The number of aromatic nitrogens is 1. The van der Waals surface area contributed by atoms with Gasteiger partial charge in [0.2, 0.25) is 5.91 Å². The van der Waals surface area contributed by atoms with Crippen molar-refractivity contribution in [2.24, 2.45) is 5.92 Å². The summed E-state index contributed by atoms with van der Waals surface area (Å²) in [5.41, 5.74) is 10.9. The van der Waals surface area contributed by atoms with Gasteiger partial charge in [-0.1, -0.05) is 43.0 Å². The molecule has 1 aromatic carbocycles. The molecule has 2 aromatic rings. The lowest BCUT2D eigenvalue weighted by molar-refractivity contribution is -0.133. The summed E-state index contributed by atoms with van der Waals surface area (Å²) >= 11 is 6.23. The van der Waals surface area contributed by atoms with Gasteiger partial charge in [0.15, 0.2) is 0 Å². The molecule has 0 bridgehead atoms. The largest absolute Gasteiger partial charge is 0.398 e. The molecule has 28 heavy (non-hydrogen) atoms. The highest BCUT2D eigenvalue weighted by Crippen LogP contribution is 2.33. The molecule has 1 saturated heterocycles. The monoisotopic (exact) mass is 397 g/mol. The number of amides is 1. The summed E-state index contributed by atoms with van der Waals surface area (Å²) in [7, 11) is 0. The molecule has 4 nitrogen and oxygen atoms in total. The molecular weight excluding hydrogens is 370 g/mol. The maximum absolute atomic E-state index is 13.0. The summed E-state index contributed by atoms with van der Waals surface area (Å²) in [6.07, 6.45) is 9.52. The second-order valence-electron chi connectivity index (χ2n) is 8.19. The van der Waals surface area contributed by atoms with E-state index >= 15 is 0 Å². The normalized spacial score (nSPS) is 20.7. The summed E-state index contributed by atoms with van der Waals surface area (Å²) in [6, 6.07) is 8.29. The van der Waals surface area contributed by atoms with Crippen LogP contribution >= 0.6 is 11.6 Å². The first-order valence-corrected chi connectivity index (χ1v) is 10.7. The number of benzene rings is 1. The Bertz CT molecular complexity index is 876. The summed E-state index contributed by atoms with van der Waals surface area (Å²) in [5, 5.41) is 0.701. The van der Waals surface area contributed by atoms with Crippen molar-refractivity contribution in [1.82, 2.24) is 9.88 Å². The minimum absolute atomic E-state index is 0.0566. The van der Waals surface area contributed by atoms with E-state index in [0.717, 1.165) is 47.5 Å². The van der Waals surface area contributed by atoms with E-state index in [1.54, 1.807) is 12.3 Å². The average molecular weight is 398 g/mol. The van der Waals surface area contributed by atoms with E-state index in [0.29, 0.717) is 17.0 Å². The minimum Gasteiger partial charge on any atom is -0.398 e. The molecule has 1 aliphatic heterocycles. The van der Waals surface area contributed by atoms with Crippen LogP contribution in [0.5, 0.6) is 0 Å². The van der Waals surface area contributed by atoms with E-state index in [4.69, 9.17) is 17.3 Å². The average Bonchev–Trinajstić information content (AvgIpc) is 3.07. The zero-order chi connectivity index (χ0) is 19.7. The third-order valence-corrected chi connectivity index (χ3v) is 6.80. The number of halogens is 1. The number of carbonyl (C=O) groups is 1. The molecular formula is C23H28ClN3O. The minimum atomic E-state index is 0.0566. The van der Waals surface area contributed by atoms with Crippen molar-refractivity contribution in [2.45, 2.75) is 57.9 Å². The zero-order valence-corrected chi connectivity index (χ0v) is 17.2. The maximum atomic E-state index is 13.0. The van der Waals surface area contributed by atoms with Crippen molar-refractivity contribution in [3.05, 3.63) is 46.6 Å². The molecule has 2 aliphatic rings. The molecule has 2 fully saturated rings. The fraction of sp³-hybridized carbons (Fsp3) is 0.478. The number of anilines is 1. The molecule has 2 heterocycles. The van der Waals surface area contributed by atoms with Crippen molar-refractivity contribution < 1.29 is 4.79 Å². The van der Waals surface area contributed by atoms with E-state index in [2.05, 4.69) is 9.88 Å². The van der Waals surface area contributed by atoms with Crippen molar-refractivity contribution >= 4 is 23.2 Å². The van der Waals surface area contributed by atoms with Crippen LogP contribution in [0.3, 0.4) is 0 Å². The molecule has 1 saturated carbocycles. The van der Waals surface area contributed by atoms with Gasteiger partial charge in [-0.25, -0.2) is 0 Å². The molecule has 1 atom stereocenters. The number of carbonyl (C=O) groups excluding carboxylic acids is 1. The highest BCUT2D eigenvalue weighted by atomic mass is 35.5. The standard InChI is InChI=1S/C23H28ClN3O/c1-15-20(24)9-11-26-22(15)17-8-7-16(21(25)14-17)13-18-10-12-27(23(18)28)19-5-3-2-4-6-19/h7-9,11,14,18-19H,2-6,10,12-13,25H2,1H3. The predicted octanol–water partition coefficient (Wildman–Crippen LogP) is 5.02. The van der Waals surface area contributed by atoms with Gasteiger partial charge in [0, 0.05) is 41.0 Å². The fourth-order valence-corrected chi connectivity index (χ4v) is 4.85. The third kappa shape index (κ3) is 3.75. The first kappa shape index (κ1) is 19.3. The van der Waals surface area contributed by atoms with Crippen LogP contribution in [0.4, 0.5) is 5.69 Å². The van der Waals surface area contributed by atoms with Crippen molar-refractivity contribution in [3.8, 4) is 11.3 Å². The van der Waals surface area contributed by atoms with Gasteiger partial charge in [0.25, 0.3) is 0 Å². The zero-order valence-electron chi connectivity index (χ0n) is 16.5. The van der Waals surface area contributed by atoms with Crippen LogP contribution in [0, 0.1) is 12.8 Å². The van der Waals surface area contributed by atoms with Crippen LogP contribution < -0.4 is 5.73 Å². The number of hydrogen-bond donors (Lipinski definition) is 1. The summed E-state index contributed by atoms with van der Waals surface area (Å²) < 4.78 is 0. The van der Waals surface area contributed by atoms with Gasteiger partial charge in [-0.3, -0.25) is 9.78 Å². The fourth-order valence-electron chi connectivity index (χ4n) is 4.70. The van der Waals surface area contributed by atoms with Crippen molar-refractivity contribution in [2.75, 3.05) is 12.3 Å². The number of nitrogen functional groups attached to an aromatic ring is 1. The molecule has 0 radical (unpaired) electrons. The molecule has 1 unspecified atom stereocenters. The van der Waals surface area contributed by atoms with Gasteiger partial charge in [-0.2, -0.15) is 0 Å². The topological polar surface area (TPSA) is 59.2 Å². The predicted molar refractivity (Wildman–Crippen MR) is 114 cm³/mol. The first-order chi connectivity index (χ1) is 13.5. The van der Waals surface area contributed by atoms with E-state index in [1.165, 1.54) is 32.1 Å². The lowest BCUT2D eigenvalue weighted by atomic mass is 9.93. The molecule has 1 amide bonds. The lowest BCUT2D eigenvalue weighted by Gasteiger charge is -2.31. The van der Waals surface area contributed by atoms with Crippen LogP contribution in [-0.2, 0) is 11.2 Å². The molecule has 1 aromatic heterocycles. The van der Waals surface area contributed by atoms with Gasteiger partial charge in [0.05, 0.1) is 5.69 Å². The van der Waals surface area contributed by atoms with Crippen molar-refractivity contribution in [1.29, 1.82) is 0 Å². The lowest BCUT2D eigenvalue weighted by Crippen LogP contribution is -2.39. The van der Waals surface area contributed by atoms with Gasteiger partial charge in [0.1, 0.15) is 0 Å². The van der Waals surface area contributed by atoms with E-state index in [9.17, 15) is 4.79 Å². The summed E-state index contributed by atoms with van der Waals surface area (Å²) in [6.45, 7) is 2.86. The highest BCUT2D eigenvalue weighted by molar-refractivity contribution is 6.31. The third-order valence-electron chi connectivity index (χ3n) is 6.39. The van der Waals surface area contributed by atoms with Gasteiger partial charge in [-0.15, -0.1) is 0 Å². The Kier molecular flexibility index (Phi) is 5.58. The van der Waals surface area contributed by atoms with Gasteiger partial charge in [-0.05, 0) is 55.9 Å². The Labute approximate surface area is 172 Å². The SMILES string of the molecule is Cc1c(Cl)ccnc1-c1ccc(CC2CCN(C3CCCCC3)C2=O)c(N)c1. The Balaban J connectivity index is 1.48.